The number of methoxy groups -OCH3 is 1. The number of aliphatic hydroxyl groups is 1. The van der Waals surface area contributed by atoms with E-state index in [1.165, 1.54) is 24.8 Å². The lowest BCUT2D eigenvalue weighted by Crippen LogP contribution is -1.92. The third-order valence-electron chi connectivity index (χ3n) is 4.34. The van der Waals surface area contributed by atoms with Crippen LogP contribution in [0.2, 0.25) is 0 Å². The molecule has 0 unspecified atom stereocenters. The van der Waals surface area contributed by atoms with E-state index in [1.807, 2.05) is 24.4 Å². The van der Waals surface area contributed by atoms with E-state index in [2.05, 4.69) is 36.0 Å². The van der Waals surface area contributed by atoms with Crippen LogP contribution >= 0.6 is 0 Å². The van der Waals surface area contributed by atoms with Gasteiger partial charge in [-0.05, 0) is 56.5 Å². The number of unbranched alkanes of at least 4 members (excludes halogenated alkanes) is 2. The summed E-state index contributed by atoms with van der Waals surface area (Å²) in [5.74, 6) is 0.827. The Labute approximate surface area is 161 Å². The van der Waals surface area contributed by atoms with E-state index in [-0.39, 0.29) is 6.61 Å². The highest BCUT2D eigenvalue weighted by molar-refractivity contribution is 6.02. The van der Waals surface area contributed by atoms with Gasteiger partial charge in [-0.3, -0.25) is 4.99 Å². The molecular formula is C22H31N3O2. The van der Waals surface area contributed by atoms with Crippen LogP contribution in [-0.2, 0) is 0 Å². The van der Waals surface area contributed by atoms with Gasteiger partial charge in [0.05, 0.1) is 29.9 Å². The van der Waals surface area contributed by atoms with Gasteiger partial charge in [-0.25, -0.2) is 0 Å². The molecule has 0 aromatic carbocycles. The Morgan fingerprint density at radius 1 is 1.22 bits per heavy atom. The van der Waals surface area contributed by atoms with Gasteiger partial charge in [0.2, 0.25) is 0 Å². The van der Waals surface area contributed by atoms with Crippen LogP contribution in [-0.4, -0.2) is 34.5 Å². The van der Waals surface area contributed by atoms with Crippen molar-refractivity contribution in [2.24, 2.45) is 4.99 Å². The number of aliphatic hydroxyl groups excluding tert-OH is 1. The fraction of sp³-hybridized carbons (Fsp3) is 0.409. The highest BCUT2D eigenvalue weighted by atomic mass is 16.5. The molecule has 3 rings (SSSR count). The summed E-state index contributed by atoms with van der Waals surface area (Å²) in [4.78, 5) is 11.3. The van der Waals surface area contributed by atoms with Crippen LogP contribution in [0.15, 0.2) is 46.7 Å². The summed E-state index contributed by atoms with van der Waals surface area (Å²) < 4.78 is 5.51. The van der Waals surface area contributed by atoms with Crippen molar-refractivity contribution in [2.45, 2.75) is 46.5 Å². The number of hydrogen-bond acceptors (Lipinski definition) is 3. The summed E-state index contributed by atoms with van der Waals surface area (Å²) in [6.07, 6.45) is 11.0. The van der Waals surface area contributed by atoms with Crippen LogP contribution in [0.3, 0.4) is 0 Å². The SMILES string of the molecule is CCCCCC1=CC(=Cc2[nH]c(-c3ccc[nH]3)cc2OC)N=C1C.CCO. The van der Waals surface area contributed by atoms with Crippen LogP contribution in [0.5, 0.6) is 5.75 Å². The average Bonchev–Trinajstić information content (AvgIpc) is 3.37. The van der Waals surface area contributed by atoms with E-state index >= 15 is 0 Å². The molecule has 5 nitrogen and oxygen atoms in total. The minimum Gasteiger partial charge on any atom is -0.494 e. The zero-order valence-electron chi connectivity index (χ0n) is 16.8. The van der Waals surface area contributed by atoms with Gasteiger partial charge in [0.1, 0.15) is 5.75 Å². The van der Waals surface area contributed by atoms with Gasteiger partial charge in [0.15, 0.2) is 0 Å². The van der Waals surface area contributed by atoms with Crippen molar-refractivity contribution in [3.8, 4) is 17.1 Å². The van der Waals surface area contributed by atoms with Gasteiger partial charge in [0, 0.05) is 24.6 Å². The Hall–Kier alpha value is -2.53. The van der Waals surface area contributed by atoms with Crippen molar-refractivity contribution < 1.29 is 9.84 Å². The lowest BCUT2D eigenvalue weighted by Gasteiger charge is -2.00. The van der Waals surface area contributed by atoms with Crippen LogP contribution in [0.25, 0.3) is 17.5 Å². The van der Waals surface area contributed by atoms with Gasteiger partial charge in [-0.2, -0.15) is 0 Å². The van der Waals surface area contributed by atoms with Crippen LogP contribution < -0.4 is 4.74 Å². The Bertz CT molecular complexity index is 796. The lowest BCUT2D eigenvalue weighted by molar-refractivity contribution is 0.318. The standard InChI is InChI=1S/C20H25N3O.C2H6O/c1-4-5-6-8-15-11-16(22-14(15)2)12-19-20(24-3)13-18(23-19)17-9-7-10-21-17;1-2-3/h7,9-13,21,23H,4-6,8H2,1-3H3;3H,2H2,1H3. The summed E-state index contributed by atoms with van der Waals surface area (Å²) in [5, 5.41) is 7.57. The number of ether oxygens (including phenoxy) is 1. The maximum Gasteiger partial charge on any atom is 0.144 e. The molecule has 2 aromatic heterocycles. The zero-order valence-corrected chi connectivity index (χ0v) is 16.8. The summed E-state index contributed by atoms with van der Waals surface area (Å²) in [7, 11) is 1.69. The molecule has 0 spiro atoms. The van der Waals surface area contributed by atoms with Crippen molar-refractivity contribution in [3.63, 3.8) is 0 Å². The molecule has 1 aliphatic heterocycles. The van der Waals surface area contributed by atoms with Crippen molar-refractivity contribution >= 4 is 11.8 Å². The van der Waals surface area contributed by atoms with Gasteiger partial charge in [0.25, 0.3) is 0 Å². The van der Waals surface area contributed by atoms with Gasteiger partial charge in [-0.15, -0.1) is 0 Å². The molecule has 3 heterocycles. The smallest absolute Gasteiger partial charge is 0.144 e. The molecule has 27 heavy (non-hydrogen) atoms. The molecule has 0 bridgehead atoms. The second-order valence-electron chi connectivity index (χ2n) is 6.46. The molecule has 3 N–H and O–H groups in total. The summed E-state index contributed by atoms with van der Waals surface area (Å²) in [6.45, 7) is 6.25. The maximum absolute atomic E-state index is 7.57. The highest BCUT2D eigenvalue weighted by Gasteiger charge is 2.13. The number of nitrogens with zero attached hydrogens (tertiary/aromatic N) is 1. The Balaban J connectivity index is 0.000000817. The summed E-state index contributed by atoms with van der Waals surface area (Å²) in [6, 6.07) is 6.03. The fourth-order valence-electron chi connectivity index (χ4n) is 2.99. The second kappa shape index (κ2) is 10.6. The predicted octanol–water partition coefficient (Wildman–Crippen LogP) is 5.34. The largest absolute Gasteiger partial charge is 0.494 e. The normalized spacial score (nSPS) is 14.6. The molecule has 1 aliphatic rings. The maximum atomic E-state index is 7.57. The van der Waals surface area contributed by atoms with Crippen LogP contribution in [0.4, 0.5) is 0 Å². The first-order chi connectivity index (χ1) is 13.1. The average molecular weight is 370 g/mol. The Morgan fingerprint density at radius 3 is 2.63 bits per heavy atom. The summed E-state index contributed by atoms with van der Waals surface area (Å²) >= 11 is 0. The number of H-pyrrole nitrogens is 2. The number of nitrogens with one attached hydrogen (secondary N) is 2. The van der Waals surface area contributed by atoms with Crippen LogP contribution in [0.1, 0.15) is 52.1 Å². The zero-order chi connectivity index (χ0) is 19.6. The van der Waals surface area contributed by atoms with Crippen molar-refractivity contribution in [1.29, 1.82) is 0 Å². The first-order valence-electron chi connectivity index (χ1n) is 9.62. The number of rotatable bonds is 7. The van der Waals surface area contributed by atoms with E-state index in [1.54, 1.807) is 14.0 Å². The molecule has 0 aliphatic carbocycles. The Morgan fingerprint density at radius 2 is 2.00 bits per heavy atom. The molecule has 0 saturated carbocycles. The van der Waals surface area contributed by atoms with Crippen molar-refractivity contribution in [2.75, 3.05) is 13.7 Å². The molecule has 0 fully saturated rings. The number of hydrogen-bond donors (Lipinski definition) is 3. The lowest BCUT2D eigenvalue weighted by atomic mass is 10.0. The van der Waals surface area contributed by atoms with E-state index in [0.717, 1.165) is 40.7 Å². The Kier molecular flexibility index (Phi) is 8.14. The highest BCUT2D eigenvalue weighted by Crippen LogP contribution is 2.30. The topological polar surface area (TPSA) is 73.4 Å². The minimum atomic E-state index is 0.250. The van der Waals surface area contributed by atoms with E-state index in [9.17, 15) is 0 Å². The molecule has 146 valence electrons. The summed E-state index contributed by atoms with van der Waals surface area (Å²) in [5.41, 5.74) is 6.46. The monoisotopic (exact) mass is 369 g/mol. The molecule has 0 radical (unpaired) electrons. The second-order valence-corrected chi connectivity index (χ2v) is 6.46. The molecule has 0 amide bonds. The van der Waals surface area contributed by atoms with Crippen molar-refractivity contribution in [3.05, 3.63) is 47.4 Å². The molecule has 0 saturated heterocycles. The number of aliphatic imine (C=N–C) groups is 1. The molecule has 5 heteroatoms. The first-order valence-corrected chi connectivity index (χ1v) is 9.62. The number of aromatic amines is 2. The van der Waals surface area contributed by atoms with E-state index < -0.39 is 0 Å². The van der Waals surface area contributed by atoms with Gasteiger partial charge in [-0.1, -0.05) is 19.8 Å². The third kappa shape index (κ3) is 5.73. The molecular weight excluding hydrogens is 338 g/mol. The third-order valence-corrected chi connectivity index (χ3v) is 4.34. The quantitative estimate of drug-likeness (QED) is 0.576. The van der Waals surface area contributed by atoms with Crippen LogP contribution in [0, 0.1) is 0 Å². The van der Waals surface area contributed by atoms with E-state index in [0.29, 0.717) is 0 Å². The van der Waals surface area contributed by atoms with Crippen molar-refractivity contribution in [1.82, 2.24) is 9.97 Å². The fourth-order valence-corrected chi connectivity index (χ4v) is 2.99. The van der Waals surface area contributed by atoms with Gasteiger partial charge >= 0.3 is 0 Å². The van der Waals surface area contributed by atoms with Gasteiger partial charge < -0.3 is 19.8 Å². The predicted molar refractivity (Wildman–Crippen MR) is 113 cm³/mol. The number of allylic oxidation sites excluding steroid dienone is 2. The van der Waals surface area contributed by atoms with E-state index in [4.69, 9.17) is 14.8 Å². The minimum absolute atomic E-state index is 0.250. The number of aromatic nitrogens is 2. The molecule has 2 aromatic rings. The molecule has 0 atom stereocenters. The first kappa shape index (κ1) is 20.8.